The molecular weight excluding hydrogens is 351 g/mol. The Bertz CT molecular complexity index is 586. The fraction of sp³-hybridized carbons (Fsp3) is 0.533. The molecule has 0 saturated carbocycles. The first-order chi connectivity index (χ1) is 11.2. The topological polar surface area (TPSA) is 90.4 Å². The fourth-order valence-corrected chi connectivity index (χ4v) is 2.20. The van der Waals surface area contributed by atoms with Gasteiger partial charge in [0.2, 0.25) is 5.91 Å². The second kappa shape index (κ2) is 9.54. The summed E-state index contributed by atoms with van der Waals surface area (Å²) in [6, 6.07) is 1.63. The van der Waals surface area contributed by atoms with Gasteiger partial charge in [-0.05, 0) is 26.8 Å². The van der Waals surface area contributed by atoms with E-state index in [9.17, 15) is 4.79 Å². The van der Waals surface area contributed by atoms with Crippen LogP contribution in [0.15, 0.2) is 17.3 Å². The van der Waals surface area contributed by atoms with E-state index < -0.39 is 0 Å². The van der Waals surface area contributed by atoms with Crippen LogP contribution in [0, 0.1) is 0 Å². The highest BCUT2D eigenvalue weighted by atomic mass is 35.5. The van der Waals surface area contributed by atoms with Gasteiger partial charge in [-0.2, -0.15) is 0 Å². The van der Waals surface area contributed by atoms with Crippen molar-refractivity contribution in [3.05, 3.63) is 22.3 Å². The molecule has 0 bridgehead atoms. The summed E-state index contributed by atoms with van der Waals surface area (Å²) in [5.41, 5.74) is -0.259. The van der Waals surface area contributed by atoms with Crippen LogP contribution in [0.3, 0.4) is 0 Å². The zero-order chi connectivity index (χ0) is 18.2. The molecule has 4 N–H and O–H groups in total. The molecule has 0 radical (unpaired) electrons. The van der Waals surface area contributed by atoms with E-state index in [1.165, 1.54) is 6.20 Å². The highest BCUT2D eigenvalue weighted by Gasteiger charge is 2.13. The average molecular weight is 375 g/mol. The molecule has 0 atom stereocenters. The number of anilines is 1. The van der Waals surface area contributed by atoms with Crippen molar-refractivity contribution in [1.29, 1.82) is 0 Å². The molecule has 0 fully saturated rings. The van der Waals surface area contributed by atoms with E-state index in [1.54, 1.807) is 13.1 Å². The van der Waals surface area contributed by atoms with Gasteiger partial charge in [0.15, 0.2) is 5.96 Å². The Hall–Kier alpha value is -1.73. The van der Waals surface area contributed by atoms with Gasteiger partial charge >= 0.3 is 0 Å². The molecule has 0 unspecified atom stereocenters. The maximum absolute atomic E-state index is 11.8. The number of nitrogens with zero attached hydrogens (tertiary/aromatic N) is 2. The zero-order valence-corrected chi connectivity index (χ0v) is 15.8. The normalized spacial score (nSPS) is 11.8. The van der Waals surface area contributed by atoms with Gasteiger partial charge in [0.25, 0.3) is 0 Å². The number of hydrogen-bond donors (Lipinski definition) is 4. The average Bonchev–Trinajstić information content (AvgIpc) is 2.46. The Kier molecular flexibility index (Phi) is 8.07. The van der Waals surface area contributed by atoms with Crippen molar-refractivity contribution in [3.63, 3.8) is 0 Å². The maximum atomic E-state index is 11.8. The van der Waals surface area contributed by atoms with Crippen LogP contribution in [-0.4, -0.2) is 49.1 Å². The van der Waals surface area contributed by atoms with Gasteiger partial charge in [-0.1, -0.05) is 23.2 Å². The molecule has 0 saturated heterocycles. The second-order valence-electron chi connectivity index (χ2n) is 6.06. The Morgan fingerprint density at radius 3 is 2.54 bits per heavy atom. The summed E-state index contributed by atoms with van der Waals surface area (Å²) in [6.45, 7) is 7.08. The molecule has 24 heavy (non-hydrogen) atoms. The summed E-state index contributed by atoms with van der Waals surface area (Å²) < 4.78 is 0. The Morgan fingerprint density at radius 1 is 1.25 bits per heavy atom. The van der Waals surface area contributed by atoms with Crippen LogP contribution >= 0.6 is 23.2 Å². The monoisotopic (exact) mass is 374 g/mol. The Morgan fingerprint density at radius 2 is 1.96 bits per heavy atom. The van der Waals surface area contributed by atoms with Crippen LogP contribution in [-0.2, 0) is 4.79 Å². The summed E-state index contributed by atoms with van der Waals surface area (Å²) in [7, 11) is 1.64. The van der Waals surface area contributed by atoms with Gasteiger partial charge in [-0.15, -0.1) is 0 Å². The van der Waals surface area contributed by atoms with Crippen molar-refractivity contribution in [1.82, 2.24) is 20.9 Å². The second-order valence-corrected chi connectivity index (χ2v) is 6.91. The number of guanidine groups is 1. The standard InChI is InChI=1S/C15H24Cl2N6O/c1-15(2,3)23-12(24)9-22-14(18-4)20-6-5-19-13-11(17)7-10(16)8-21-13/h7-8H,5-6,9H2,1-4H3,(H,19,21)(H,23,24)(H2,18,20,22). The number of hydrogen-bond acceptors (Lipinski definition) is 4. The molecule has 134 valence electrons. The van der Waals surface area contributed by atoms with E-state index in [0.29, 0.717) is 34.9 Å². The lowest BCUT2D eigenvalue weighted by atomic mass is 10.1. The number of aliphatic imine (C=N–C) groups is 1. The number of carbonyl (C=O) groups excluding carboxylic acids is 1. The van der Waals surface area contributed by atoms with E-state index in [0.717, 1.165) is 0 Å². The number of pyridine rings is 1. The van der Waals surface area contributed by atoms with E-state index in [1.807, 2.05) is 20.8 Å². The molecule has 1 rings (SSSR count). The van der Waals surface area contributed by atoms with Crippen LogP contribution in [0.1, 0.15) is 20.8 Å². The zero-order valence-electron chi connectivity index (χ0n) is 14.3. The van der Waals surface area contributed by atoms with Gasteiger partial charge in [0, 0.05) is 31.9 Å². The number of nitrogens with one attached hydrogen (secondary N) is 4. The first-order valence-corrected chi connectivity index (χ1v) is 8.27. The largest absolute Gasteiger partial charge is 0.367 e. The van der Waals surface area contributed by atoms with Crippen molar-refractivity contribution in [3.8, 4) is 0 Å². The molecule has 0 spiro atoms. The maximum Gasteiger partial charge on any atom is 0.239 e. The number of rotatable bonds is 6. The Labute approximate surface area is 152 Å². The highest BCUT2D eigenvalue weighted by molar-refractivity contribution is 6.35. The summed E-state index contributed by atoms with van der Waals surface area (Å²) in [5.74, 6) is 1.01. The summed E-state index contributed by atoms with van der Waals surface area (Å²) in [6.07, 6.45) is 1.53. The molecular formula is C15H24Cl2N6O. The molecule has 1 heterocycles. The van der Waals surface area contributed by atoms with E-state index >= 15 is 0 Å². The van der Waals surface area contributed by atoms with Gasteiger partial charge in [-0.3, -0.25) is 9.79 Å². The lowest BCUT2D eigenvalue weighted by molar-refractivity contribution is -0.121. The first kappa shape index (κ1) is 20.3. The first-order valence-electron chi connectivity index (χ1n) is 7.51. The predicted octanol–water partition coefficient (Wildman–Crippen LogP) is 1.88. The molecule has 0 aliphatic heterocycles. The minimum Gasteiger partial charge on any atom is -0.367 e. The smallest absolute Gasteiger partial charge is 0.239 e. The molecule has 1 aromatic rings. The molecule has 0 aromatic carbocycles. The Balaban J connectivity index is 2.30. The van der Waals surface area contributed by atoms with Gasteiger partial charge in [0.1, 0.15) is 5.82 Å². The van der Waals surface area contributed by atoms with Crippen molar-refractivity contribution in [2.45, 2.75) is 26.3 Å². The van der Waals surface area contributed by atoms with E-state index in [4.69, 9.17) is 23.2 Å². The third kappa shape index (κ3) is 8.21. The lowest BCUT2D eigenvalue weighted by Crippen LogP contribution is -2.48. The fourth-order valence-electron chi connectivity index (χ4n) is 1.75. The number of amides is 1. The van der Waals surface area contributed by atoms with Crippen LogP contribution in [0.2, 0.25) is 10.0 Å². The predicted molar refractivity (Wildman–Crippen MR) is 100 cm³/mol. The molecule has 0 aliphatic carbocycles. The van der Waals surface area contributed by atoms with Crippen LogP contribution in [0.25, 0.3) is 0 Å². The van der Waals surface area contributed by atoms with Gasteiger partial charge < -0.3 is 21.3 Å². The summed E-state index contributed by atoms with van der Waals surface area (Å²) in [5, 5.41) is 12.9. The van der Waals surface area contributed by atoms with E-state index in [-0.39, 0.29) is 18.0 Å². The van der Waals surface area contributed by atoms with Crippen molar-refractivity contribution in [2.24, 2.45) is 4.99 Å². The molecule has 7 nitrogen and oxygen atoms in total. The molecule has 9 heteroatoms. The van der Waals surface area contributed by atoms with Gasteiger partial charge in [-0.25, -0.2) is 4.98 Å². The van der Waals surface area contributed by atoms with Crippen molar-refractivity contribution < 1.29 is 4.79 Å². The van der Waals surface area contributed by atoms with Crippen molar-refractivity contribution >= 4 is 40.9 Å². The SMILES string of the molecule is CN=C(NCCNc1ncc(Cl)cc1Cl)NCC(=O)NC(C)(C)C. The third-order valence-electron chi connectivity index (χ3n) is 2.67. The minimum atomic E-state index is -0.259. The number of aromatic nitrogens is 1. The van der Waals surface area contributed by atoms with Crippen molar-refractivity contribution in [2.75, 3.05) is 32.0 Å². The number of carbonyl (C=O) groups is 1. The van der Waals surface area contributed by atoms with E-state index in [2.05, 4.69) is 31.2 Å². The highest BCUT2D eigenvalue weighted by Crippen LogP contribution is 2.21. The van der Waals surface area contributed by atoms with Crippen LogP contribution < -0.4 is 21.3 Å². The summed E-state index contributed by atoms with van der Waals surface area (Å²) in [4.78, 5) is 19.9. The molecule has 1 aromatic heterocycles. The van der Waals surface area contributed by atoms with Crippen LogP contribution in [0.5, 0.6) is 0 Å². The quantitative estimate of drug-likeness (QED) is 0.346. The minimum absolute atomic E-state index is 0.0966. The van der Waals surface area contributed by atoms with Crippen LogP contribution in [0.4, 0.5) is 5.82 Å². The summed E-state index contributed by atoms with van der Waals surface area (Å²) >= 11 is 11.8. The van der Waals surface area contributed by atoms with Gasteiger partial charge in [0.05, 0.1) is 16.6 Å². The lowest BCUT2D eigenvalue weighted by Gasteiger charge is -2.21. The molecule has 0 aliphatic rings. The number of halogens is 2. The third-order valence-corrected chi connectivity index (χ3v) is 3.17. The molecule has 1 amide bonds.